The maximum atomic E-state index is 12.6. The first kappa shape index (κ1) is 10.9. The van der Waals surface area contributed by atoms with Gasteiger partial charge < -0.3 is 10.1 Å². The summed E-state index contributed by atoms with van der Waals surface area (Å²) >= 11 is 0. The van der Waals surface area contributed by atoms with Crippen LogP contribution in [0, 0.1) is 11.7 Å². The fraction of sp³-hybridized carbons (Fsp3) is 0.417. The third kappa shape index (κ3) is 3.53. The van der Waals surface area contributed by atoms with Crippen LogP contribution in [0.2, 0.25) is 0 Å². The summed E-state index contributed by atoms with van der Waals surface area (Å²) in [6, 6.07) is 5.61. The average Bonchev–Trinajstić information content (AvgIpc) is 3.09. The molecule has 0 aliphatic heterocycles. The molecule has 1 aliphatic carbocycles. The van der Waals surface area contributed by atoms with E-state index < -0.39 is 0 Å². The molecule has 0 aromatic heterocycles. The van der Waals surface area contributed by atoms with E-state index in [4.69, 9.17) is 4.74 Å². The Kier molecular flexibility index (Phi) is 3.39. The summed E-state index contributed by atoms with van der Waals surface area (Å²) in [5.74, 6) is 0.722. The van der Waals surface area contributed by atoms with Crippen LogP contribution in [0.15, 0.2) is 24.3 Å². The van der Waals surface area contributed by atoms with Gasteiger partial charge in [0.2, 0.25) is 0 Å². The monoisotopic (exact) mass is 223 g/mol. The van der Waals surface area contributed by atoms with Gasteiger partial charge in [0.15, 0.2) is 6.61 Å². The molecule has 1 fully saturated rings. The minimum atomic E-state index is -0.314. The van der Waals surface area contributed by atoms with Crippen LogP contribution in [0.5, 0.6) is 5.75 Å². The van der Waals surface area contributed by atoms with Gasteiger partial charge in [-0.3, -0.25) is 4.79 Å². The number of benzene rings is 1. The summed E-state index contributed by atoms with van der Waals surface area (Å²) in [5.41, 5.74) is 0. The van der Waals surface area contributed by atoms with Crippen LogP contribution >= 0.6 is 0 Å². The van der Waals surface area contributed by atoms with Crippen molar-refractivity contribution < 1.29 is 13.9 Å². The number of hydrogen-bond donors (Lipinski definition) is 1. The molecular formula is C12H14FNO2. The molecule has 0 atom stereocenters. The second-order valence-corrected chi connectivity index (χ2v) is 3.99. The number of halogens is 1. The lowest BCUT2D eigenvalue weighted by Gasteiger charge is -2.06. The molecule has 0 bridgehead atoms. The molecule has 0 saturated heterocycles. The molecule has 1 aliphatic rings. The molecule has 1 N–H and O–H groups in total. The number of nitrogens with one attached hydrogen (secondary N) is 1. The quantitative estimate of drug-likeness (QED) is 0.825. The Morgan fingerprint density at radius 2 is 2.06 bits per heavy atom. The van der Waals surface area contributed by atoms with Gasteiger partial charge in [0, 0.05) is 6.54 Å². The summed E-state index contributed by atoms with van der Waals surface area (Å²) in [7, 11) is 0. The maximum absolute atomic E-state index is 12.6. The largest absolute Gasteiger partial charge is 0.484 e. The Balaban J connectivity index is 1.69. The van der Waals surface area contributed by atoms with Crippen molar-refractivity contribution in [2.45, 2.75) is 12.8 Å². The number of rotatable bonds is 5. The molecule has 1 aromatic rings. The van der Waals surface area contributed by atoms with Crippen molar-refractivity contribution in [2.75, 3.05) is 13.2 Å². The Morgan fingerprint density at radius 1 is 1.38 bits per heavy atom. The molecule has 1 aromatic carbocycles. The minimum absolute atomic E-state index is 0.0155. The van der Waals surface area contributed by atoms with Crippen molar-refractivity contribution in [3.63, 3.8) is 0 Å². The minimum Gasteiger partial charge on any atom is -0.484 e. The van der Waals surface area contributed by atoms with Gasteiger partial charge in [-0.05, 0) is 43.0 Å². The van der Waals surface area contributed by atoms with Crippen LogP contribution in [-0.4, -0.2) is 19.1 Å². The highest BCUT2D eigenvalue weighted by molar-refractivity contribution is 5.77. The summed E-state index contributed by atoms with van der Waals surface area (Å²) in [4.78, 5) is 11.3. The average molecular weight is 223 g/mol. The lowest BCUT2D eigenvalue weighted by molar-refractivity contribution is -0.123. The number of carbonyl (C=O) groups excluding carboxylic acids is 1. The third-order valence-corrected chi connectivity index (χ3v) is 2.47. The Hall–Kier alpha value is -1.58. The van der Waals surface area contributed by atoms with Crippen molar-refractivity contribution in [1.82, 2.24) is 5.32 Å². The van der Waals surface area contributed by atoms with E-state index in [0.717, 1.165) is 6.54 Å². The summed E-state index contributed by atoms with van der Waals surface area (Å²) < 4.78 is 17.8. The Labute approximate surface area is 93.6 Å². The maximum Gasteiger partial charge on any atom is 0.257 e. The van der Waals surface area contributed by atoms with Gasteiger partial charge in [-0.1, -0.05) is 0 Å². The fourth-order valence-electron chi connectivity index (χ4n) is 1.31. The predicted octanol–water partition coefficient (Wildman–Crippen LogP) is 1.73. The molecule has 0 radical (unpaired) electrons. The van der Waals surface area contributed by atoms with Crippen LogP contribution in [0.4, 0.5) is 4.39 Å². The smallest absolute Gasteiger partial charge is 0.257 e. The van der Waals surface area contributed by atoms with Gasteiger partial charge in [-0.2, -0.15) is 0 Å². The first-order valence-corrected chi connectivity index (χ1v) is 5.39. The Morgan fingerprint density at radius 3 is 2.69 bits per heavy atom. The van der Waals surface area contributed by atoms with Crippen LogP contribution in [-0.2, 0) is 4.79 Å². The molecule has 4 heteroatoms. The normalized spacial score (nSPS) is 14.6. The molecule has 86 valence electrons. The number of carbonyl (C=O) groups is 1. The van der Waals surface area contributed by atoms with E-state index in [9.17, 15) is 9.18 Å². The van der Waals surface area contributed by atoms with Crippen molar-refractivity contribution in [2.24, 2.45) is 5.92 Å². The van der Waals surface area contributed by atoms with Crippen molar-refractivity contribution in [1.29, 1.82) is 0 Å². The highest BCUT2D eigenvalue weighted by atomic mass is 19.1. The summed E-state index contributed by atoms with van der Waals surface area (Å²) in [6.07, 6.45) is 2.41. The van der Waals surface area contributed by atoms with E-state index in [2.05, 4.69) is 5.32 Å². The zero-order chi connectivity index (χ0) is 11.4. The molecule has 3 nitrogen and oxygen atoms in total. The van der Waals surface area contributed by atoms with Crippen molar-refractivity contribution in [3.8, 4) is 5.75 Å². The van der Waals surface area contributed by atoms with E-state index in [1.165, 1.54) is 37.1 Å². The number of hydrogen-bond acceptors (Lipinski definition) is 2. The van der Waals surface area contributed by atoms with Gasteiger partial charge in [0.1, 0.15) is 11.6 Å². The molecular weight excluding hydrogens is 209 g/mol. The zero-order valence-corrected chi connectivity index (χ0v) is 8.91. The van der Waals surface area contributed by atoms with Crippen LogP contribution in [0.1, 0.15) is 12.8 Å². The SMILES string of the molecule is O=C(COc1ccc(F)cc1)NCC1CC1. The second-order valence-electron chi connectivity index (χ2n) is 3.99. The zero-order valence-electron chi connectivity index (χ0n) is 8.91. The van der Waals surface area contributed by atoms with Gasteiger partial charge >= 0.3 is 0 Å². The molecule has 16 heavy (non-hydrogen) atoms. The standard InChI is InChI=1S/C12H14FNO2/c13-10-3-5-11(6-4-10)16-8-12(15)14-7-9-1-2-9/h3-6,9H,1-2,7-8H2,(H,14,15). The van der Waals surface area contributed by atoms with Crippen molar-refractivity contribution >= 4 is 5.91 Å². The van der Waals surface area contributed by atoms with Crippen LogP contribution < -0.4 is 10.1 Å². The van der Waals surface area contributed by atoms with Crippen molar-refractivity contribution in [3.05, 3.63) is 30.1 Å². The van der Waals surface area contributed by atoms with E-state index in [0.29, 0.717) is 11.7 Å². The van der Waals surface area contributed by atoms with E-state index in [-0.39, 0.29) is 18.3 Å². The van der Waals surface area contributed by atoms with Gasteiger partial charge in [-0.25, -0.2) is 4.39 Å². The molecule has 1 saturated carbocycles. The highest BCUT2D eigenvalue weighted by Crippen LogP contribution is 2.27. The first-order valence-electron chi connectivity index (χ1n) is 5.39. The number of amides is 1. The topological polar surface area (TPSA) is 38.3 Å². The molecule has 1 amide bonds. The van der Waals surface area contributed by atoms with E-state index in [1.807, 2.05) is 0 Å². The third-order valence-electron chi connectivity index (χ3n) is 2.47. The summed E-state index contributed by atoms with van der Waals surface area (Å²) in [5, 5.41) is 2.79. The predicted molar refractivity (Wildman–Crippen MR) is 57.6 cm³/mol. The second kappa shape index (κ2) is 4.96. The van der Waals surface area contributed by atoms with E-state index in [1.54, 1.807) is 0 Å². The lowest BCUT2D eigenvalue weighted by Crippen LogP contribution is -2.30. The van der Waals surface area contributed by atoms with Gasteiger partial charge in [0.05, 0.1) is 0 Å². The van der Waals surface area contributed by atoms with E-state index >= 15 is 0 Å². The van der Waals surface area contributed by atoms with Gasteiger partial charge in [0.25, 0.3) is 5.91 Å². The fourth-order valence-corrected chi connectivity index (χ4v) is 1.31. The molecule has 0 unspecified atom stereocenters. The Bertz CT molecular complexity index is 360. The van der Waals surface area contributed by atoms with Crippen LogP contribution in [0.3, 0.4) is 0 Å². The highest BCUT2D eigenvalue weighted by Gasteiger charge is 2.21. The number of ether oxygens (including phenoxy) is 1. The lowest BCUT2D eigenvalue weighted by atomic mass is 10.3. The van der Waals surface area contributed by atoms with Gasteiger partial charge in [-0.15, -0.1) is 0 Å². The molecule has 0 heterocycles. The summed E-state index contributed by atoms with van der Waals surface area (Å²) in [6.45, 7) is 0.726. The first-order chi connectivity index (χ1) is 7.74. The molecule has 0 spiro atoms. The van der Waals surface area contributed by atoms with Crippen LogP contribution in [0.25, 0.3) is 0 Å². The molecule has 2 rings (SSSR count).